The zero-order valence-corrected chi connectivity index (χ0v) is 13.3. The summed E-state index contributed by atoms with van der Waals surface area (Å²) in [6, 6.07) is 7.62. The summed E-state index contributed by atoms with van der Waals surface area (Å²) in [4.78, 5) is 4.51. The Kier molecular flexibility index (Phi) is 3.50. The molecule has 1 aromatic carbocycles. The van der Waals surface area contributed by atoms with Gasteiger partial charge in [-0.2, -0.15) is 0 Å². The molecule has 1 saturated heterocycles. The molecule has 6 heteroatoms. The van der Waals surface area contributed by atoms with Crippen molar-refractivity contribution in [2.24, 2.45) is 0 Å². The quantitative estimate of drug-likeness (QED) is 0.716. The first kappa shape index (κ1) is 14.3. The summed E-state index contributed by atoms with van der Waals surface area (Å²) < 4.78 is 2.11. The second kappa shape index (κ2) is 5.39. The molecule has 2 atom stereocenters. The van der Waals surface area contributed by atoms with Gasteiger partial charge in [0.15, 0.2) is 0 Å². The first-order chi connectivity index (χ1) is 10.6. The minimum atomic E-state index is -0.395. The van der Waals surface area contributed by atoms with Gasteiger partial charge >= 0.3 is 0 Å². The van der Waals surface area contributed by atoms with Crippen LogP contribution < -0.4 is 5.32 Å². The summed E-state index contributed by atoms with van der Waals surface area (Å²) in [5, 5.41) is 17.0. The van der Waals surface area contributed by atoms with Crippen molar-refractivity contribution >= 4 is 45.1 Å². The normalized spacial score (nSPS) is 22.5. The molecule has 4 nitrogen and oxygen atoms in total. The van der Waals surface area contributed by atoms with Gasteiger partial charge in [0.05, 0.1) is 22.7 Å². The standard InChI is InChI=1S/C16H15Cl2N3O/c17-9-1-2-13-11(5-9)12-6-10(18)7-20-16(12)21(13)14-8-19-4-3-15(14)22/h1-2,5-7,14-15,19,22H,3-4,8H2/t14-,15-/m0/s1. The predicted octanol–water partition coefficient (Wildman–Crippen LogP) is 3.39. The van der Waals surface area contributed by atoms with Gasteiger partial charge in [-0.15, -0.1) is 0 Å². The van der Waals surface area contributed by atoms with Crippen LogP contribution in [0, 0.1) is 0 Å². The third-order valence-corrected chi connectivity index (χ3v) is 4.76. The number of hydrogen-bond acceptors (Lipinski definition) is 3. The molecule has 114 valence electrons. The zero-order valence-electron chi connectivity index (χ0n) is 11.8. The van der Waals surface area contributed by atoms with Crippen LogP contribution >= 0.6 is 23.2 Å². The van der Waals surface area contributed by atoms with E-state index in [1.165, 1.54) is 0 Å². The van der Waals surface area contributed by atoms with E-state index in [4.69, 9.17) is 23.2 Å². The highest BCUT2D eigenvalue weighted by atomic mass is 35.5. The number of aliphatic hydroxyl groups excluding tert-OH is 1. The van der Waals surface area contributed by atoms with Crippen molar-refractivity contribution in [2.75, 3.05) is 13.1 Å². The topological polar surface area (TPSA) is 50.1 Å². The maximum atomic E-state index is 10.4. The van der Waals surface area contributed by atoms with Crippen molar-refractivity contribution in [1.29, 1.82) is 0 Å². The van der Waals surface area contributed by atoms with Crippen molar-refractivity contribution in [2.45, 2.75) is 18.6 Å². The van der Waals surface area contributed by atoms with Crippen molar-refractivity contribution in [3.05, 3.63) is 40.5 Å². The Morgan fingerprint density at radius 1 is 1.18 bits per heavy atom. The molecule has 2 N–H and O–H groups in total. The van der Waals surface area contributed by atoms with Gasteiger partial charge in [-0.05, 0) is 37.2 Å². The molecular weight excluding hydrogens is 321 g/mol. The number of piperidine rings is 1. The Hall–Kier alpha value is -1.33. The highest BCUT2D eigenvalue weighted by molar-refractivity contribution is 6.33. The number of pyridine rings is 1. The van der Waals surface area contributed by atoms with E-state index in [2.05, 4.69) is 14.9 Å². The molecule has 2 aromatic heterocycles. The van der Waals surface area contributed by atoms with Crippen LogP contribution in [0.15, 0.2) is 30.5 Å². The summed E-state index contributed by atoms with van der Waals surface area (Å²) in [6.45, 7) is 1.55. The van der Waals surface area contributed by atoms with Crippen molar-refractivity contribution in [3.8, 4) is 0 Å². The fourth-order valence-electron chi connectivity index (χ4n) is 3.30. The van der Waals surface area contributed by atoms with Gasteiger partial charge in [-0.3, -0.25) is 0 Å². The fourth-order valence-corrected chi connectivity index (χ4v) is 3.63. The van der Waals surface area contributed by atoms with E-state index in [0.29, 0.717) is 16.6 Å². The molecule has 22 heavy (non-hydrogen) atoms. The molecule has 0 saturated carbocycles. The Morgan fingerprint density at radius 2 is 2.00 bits per heavy atom. The van der Waals surface area contributed by atoms with E-state index in [1.54, 1.807) is 6.20 Å². The van der Waals surface area contributed by atoms with Crippen molar-refractivity contribution in [3.63, 3.8) is 0 Å². The van der Waals surface area contributed by atoms with Gasteiger partial charge in [0.2, 0.25) is 0 Å². The number of hydrogen-bond donors (Lipinski definition) is 2. The molecule has 1 aliphatic rings. The maximum absolute atomic E-state index is 10.4. The Balaban J connectivity index is 2.06. The monoisotopic (exact) mass is 335 g/mol. The van der Waals surface area contributed by atoms with Crippen LogP contribution in [0.2, 0.25) is 10.0 Å². The lowest BCUT2D eigenvalue weighted by atomic mass is 10.0. The highest BCUT2D eigenvalue weighted by Gasteiger charge is 2.28. The van der Waals surface area contributed by atoms with E-state index >= 15 is 0 Å². The second-order valence-corrected chi connectivity index (χ2v) is 6.56. The molecule has 0 spiro atoms. The highest BCUT2D eigenvalue weighted by Crippen LogP contribution is 2.35. The van der Waals surface area contributed by atoms with Crippen LogP contribution in [0.3, 0.4) is 0 Å². The van der Waals surface area contributed by atoms with E-state index in [1.807, 2.05) is 24.3 Å². The lowest BCUT2D eigenvalue weighted by Crippen LogP contribution is -2.41. The SMILES string of the molecule is O[C@H]1CCNC[C@@H]1n1c2ccc(Cl)cc2c2cc(Cl)cnc21. The van der Waals surface area contributed by atoms with Gasteiger partial charge in [0.1, 0.15) is 5.65 Å². The Labute approximate surface area is 137 Å². The Morgan fingerprint density at radius 3 is 2.82 bits per heavy atom. The van der Waals surface area contributed by atoms with Crippen molar-refractivity contribution in [1.82, 2.24) is 14.9 Å². The molecule has 0 aliphatic carbocycles. The molecule has 0 radical (unpaired) electrons. The smallest absolute Gasteiger partial charge is 0.141 e. The largest absolute Gasteiger partial charge is 0.391 e. The minimum absolute atomic E-state index is 0.0522. The van der Waals surface area contributed by atoms with Crippen LogP contribution in [-0.2, 0) is 0 Å². The number of nitrogens with one attached hydrogen (secondary N) is 1. The van der Waals surface area contributed by atoms with E-state index < -0.39 is 6.10 Å². The van der Waals surface area contributed by atoms with Gasteiger partial charge < -0.3 is 15.0 Å². The van der Waals surface area contributed by atoms with Crippen LogP contribution in [0.25, 0.3) is 21.9 Å². The minimum Gasteiger partial charge on any atom is -0.391 e. The van der Waals surface area contributed by atoms with Crippen LogP contribution in [0.4, 0.5) is 0 Å². The molecule has 3 heterocycles. The zero-order chi connectivity index (χ0) is 15.3. The number of halogens is 2. The van der Waals surface area contributed by atoms with E-state index in [0.717, 1.165) is 34.9 Å². The third kappa shape index (κ3) is 2.18. The summed E-state index contributed by atoms with van der Waals surface area (Å²) in [5.74, 6) is 0. The fraction of sp³-hybridized carbons (Fsp3) is 0.312. The molecule has 0 unspecified atom stereocenters. The summed E-state index contributed by atoms with van der Waals surface area (Å²) >= 11 is 12.3. The van der Waals surface area contributed by atoms with E-state index in [9.17, 15) is 5.11 Å². The molecule has 4 rings (SSSR count). The molecule has 3 aromatic rings. The number of rotatable bonds is 1. The lowest BCUT2D eigenvalue weighted by Gasteiger charge is -2.30. The Bertz CT molecular complexity index is 802. The van der Waals surface area contributed by atoms with Gasteiger partial charge in [-0.1, -0.05) is 23.2 Å². The van der Waals surface area contributed by atoms with Gasteiger partial charge in [0.25, 0.3) is 0 Å². The predicted molar refractivity (Wildman–Crippen MR) is 89.8 cm³/mol. The molecular formula is C16H15Cl2N3O. The molecule has 1 aliphatic heterocycles. The first-order valence-corrected chi connectivity index (χ1v) is 8.04. The van der Waals surface area contributed by atoms with Crippen LogP contribution in [0.5, 0.6) is 0 Å². The average molecular weight is 336 g/mol. The number of aliphatic hydroxyl groups is 1. The van der Waals surface area contributed by atoms with E-state index in [-0.39, 0.29) is 6.04 Å². The molecule has 0 amide bonds. The lowest BCUT2D eigenvalue weighted by molar-refractivity contribution is 0.0879. The number of benzene rings is 1. The first-order valence-electron chi connectivity index (χ1n) is 7.28. The van der Waals surface area contributed by atoms with Gasteiger partial charge in [0, 0.05) is 28.5 Å². The number of nitrogens with zero attached hydrogens (tertiary/aromatic N) is 2. The summed E-state index contributed by atoms with van der Waals surface area (Å²) in [6.07, 6.45) is 1.98. The molecule has 0 bridgehead atoms. The third-order valence-electron chi connectivity index (χ3n) is 4.32. The van der Waals surface area contributed by atoms with Crippen LogP contribution in [0.1, 0.15) is 12.5 Å². The van der Waals surface area contributed by atoms with Crippen LogP contribution in [-0.4, -0.2) is 33.9 Å². The van der Waals surface area contributed by atoms with Gasteiger partial charge in [-0.25, -0.2) is 4.98 Å². The summed E-state index contributed by atoms with van der Waals surface area (Å²) in [5.41, 5.74) is 1.84. The summed E-state index contributed by atoms with van der Waals surface area (Å²) in [7, 11) is 0. The second-order valence-electron chi connectivity index (χ2n) is 5.68. The average Bonchev–Trinajstić information content (AvgIpc) is 2.81. The van der Waals surface area contributed by atoms with Crippen molar-refractivity contribution < 1.29 is 5.11 Å². The molecule has 1 fully saturated rings. The number of aromatic nitrogens is 2. The maximum Gasteiger partial charge on any atom is 0.141 e. The number of fused-ring (bicyclic) bond motifs is 3.